The molecule has 1 atom stereocenters. The first-order valence-electron chi connectivity index (χ1n) is 13.5. The van der Waals surface area contributed by atoms with Crippen LogP contribution in [0.2, 0.25) is 0 Å². The summed E-state index contributed by atoms with van der Waals surface area (Å²) in [6, 6.07) is 8.42. The van der Waals surface area contributed by atoms with E-state index in [2.05, 4.69) is 57.0 Å². The fourth-order valence-electron chi connectivity index (χ4n) is 5.71. The van der Waals surface area contributed by atoms with E-state index in [0.717, 1.165) is 80.3 Å². The van der Waals surface area contributed by atoms with Crippen LogP contribution in [0.1, 0.15) is 31.7 Å². The summed E-state index contributed by atoms with van der Waals surface area (Å²) in [5, 5.41) is 21.9. The fourth-order valence-corrected chi connectivity index (χ4v) is 6.34. The Balaban J connectivity index is 1.29. The first kappa shape index (κ1) is 26.8. The lowest BCUT2D eigenvalue weighted by Gasteiger charge is -2.44. The van der Waals surface area contributed by atoms with Crippen molar-refractivity contribution in [3.63, 3.8) is 0 Å². The summed E-state index contributed by atoms with van der Waals surface area (Å²) < 4.78 is 7.47. The third-order valence-electron chi connectivity index (χ3n) is 7.97. The molecule has 2 fully saturated rings. The van der Waals surface area contributed by atoms with E-state index in [1.54, 1.807) is 10.7 Å². The zero-order valence-corrected chi connectivity index (χ0v) is 23.4. The van der Waals surface area contributed by atoms with Crippen LogP contribution >= 0.6 is 11.8 Å². The van der Waals surface area contributed by atoms with E-state index in [1.807, 2.05) is 37.1 Å². The fraction of sp³-hybridized carbons (Fsp3) is 0.536. The third-order valence-corrected chi connectivity index (χ3v) is 8.94. The summed E-state index contributed by atoms with van der Waals surface area (Å²) >= 11 is 1.92. The van der Waals surface area contributed by atoms with Crippen molar-refractivity contribution in [1.29, 1.82) is 5.26 Å². The molecule has 2 saturated heterocycles. The van der Waals surface area contributed by atoms with Crippen LogP contribution in [0.4, 0.5) is 5.82 Å². The maximum atomic E-state index is 9.62. The van der Waals surface area contributed by atoms with Crippen LogP contribution in [0, 0.1) is 11.3 Å². The molecule has 2 aliphatic rings. The maximum absolute atomic E-state index is 9.62. The highest BCUT2D eigenvalue weighted by Crippen LogP contribution is 2.32. The summed E-state index contributed by atoms with van der Waals surface area (Å²) in [6.07, 6.45) is 10.9. The zero-order valence-electron chi connectivity index (χ0n) is 22.6. The highest BCUT2D eigenvalue weighted by Gasteiger charge is 2.35. The Morgan fingerprint density at radius 1 is 1.24 bits per heavy atom. The second kappa shape index (κ2) is 11.9. The molecule has 5 rings (SSSR count). The van der Waals surface area contributed by atoms with Crippen molar-refractivity contribution in [3.8, 4) is 22.9 Å². The Morgan fingerprint density at radius 2 is 2.08 bits per heavy atom. The van der Waals surface area contributed by atoms with Gasteiger partial charge in [0.05, 0.1) is 35.5 Å². The molecule has 9 nitrogen and oxygen atoms in total. The number of aromatic nitrogens is 3. The predicted octanol–water partition coefficient (Wildman–Crippen LogP) is 3.21. The van der Waals surface area contributed by atoms with E-state index in [9.17, 15) is 5.26 Å². The number of ether oxygens (including phenoxy) is 1. The van der Waals surface area contributed by atoms with Crippen molar-refractivity contribution in [2.45, 2.75) is 37.1 Å². The minimum Gasteiger partial charge on any atom is -0.492 e. The average Bonchev–Trinajstić information content (AvgIpc) is 3.24. The molecule has 38 heavy (non-hydrogen) atoms. The van der Waals surface area contributed by atoms with Gasteiger partial charge in [0.2, 0.25) is 0 Å². The van der Waals surface area contributed by atoms with E-state index in [-0.39, 0.29) is 5.54 Å². The third kappa shape index (κ3) is 5.61. The number of piperidine rings is 1. The molecule has 0 amide bonds. The van der Waals surface area contributed by atoms with Gasteiger partial charge in [-0.15, -0.1) is 11.8 Å². The smallest absolute Gasteiger partial charge is 0.138 e. The molecule has 1 unspecified atom stereocenters. The van der Waals surface area contributed by atoms with Crippen LogP contribution in [-0.2, 0) is 0 Å². The van der Waals surface area contributed by atoms with Crippen LogP contribution in [0.3, 0.4) is 0 Å². The molecular formula is C28H38N8OS. The number of rotatable bonds is 8. The van der Waals surface area contributed by atoms with Gasteiger partial charge >= 0.3 is 0 Å². The van der Waals surface area contributed by atoms with Gasteiger partial charge in [-0.3, -0.25) is 0 Å². The van der Waals surface area contributed by atoms with E-state index in [4.69, 9.17) is 9.72 Å². The normalized spacial score (nSPS) is 20.3. The molecule has 0 bridgehead atoms. The Labute approximate surface area is 229 Å². The molecule has 2 aliphatic heterocycles. The standard InChI is InChI=1S/C28H38N8OS/c1-4-37-23-15-24(27-22(16-29)18-33-36(27)19-23)21-5-6-25(32-17-21)35-12-8-28(30-2,9-13-35)20-34-11-7-26(38-3)31-10-14-34/h5-6,15,17-19,26,30-31H,4,7-14,20H2,1-3H3. The topological polar surface area (TPSA) is 93.8 Å². The number of pyridine rings is 2. The van der Waals surface area contributed by atoms with Gasteiger partial charge in [0.15, 0.2) is 0 Å². The van der Waals surface area contributed by atoms with Gasteiger partial charge in [-0.2, -0.15) is 10.4 Å². The van der Waals surface area contributed by atoms with Crippen molar-refractivity contribution in [3.05, 3.63) is 42.4 Å². The summed E-state index contributed by atoms with van der Waals surface area (Å²) in [5.41, 5.74) is 3.28. The molecule has 0 aromatic carbocycles. The summed E-state index contributed by atoms with van der Waals surface area (Å²) in [6.45, 7) is 8.86. The van der Waals surface area contributed by atoms with E-state index < -0.39 is 0 Å². The van der Waals surface area contributed by atoms with Crippen LogP contribution in [0.5, 0.6) is 5.75 Å². The van der Waals surface area contributed by atoms with Crippen LogP contribution in [0.25, 0.3) is 16.6 Å². The number of hydrogen-bond acceptors (Lipinski definition) is 9. The van der Waals surface area contributed by atoms with Gasteiger partial charge in [0.1, 0.15) is 17.6 Å². The minimum absolute atomic E-state index is 0.136. The Bertz CT molecular complexity index is 1260. The SMILES string of the molecule is CCOc1cc(-c2ccc(N3CCC(CN4CCNC(SC)CC4)(NC)CC3)nc2)c2c(C#N)cnn2c1. The summed E-state index contributed by atoms with van der Waals surface area (Å²) in [5.74, 6) is 1.71. The second-order valence-corrected chi connectivity index (χ2v) is 11.2. The quantitative estimate of drug-likeness (QED) is 0.452. The molecule has 10 heteroatoms. The number of nitrogens with one attached hydrogen (secondary N) is 2. The first-order valence-corrected chi connectivity index (χ1v) is 14.8. The maximum Gasteiger partial charge on any atom is 0.138 e. The van der Waals surface area contributed by atoms with Crippen LogP contribution < -0.4 is 20.3 Å². The van der Waals surface area contributed by atoms with Gasteiger partial charge in [0.25, 0.3) is 0 Å². The summed E-state index contributed by atoms with van der Waals surface area (Å²) in [7, 11) is 2.12. The molecule has 0 saturated carbocycles. The van der Waals surface area contributed by atoms with Crippen LogP contribution in [0.15, 0.2) is 36.8 Å². The largest absolute Gasteiger partial charge is 0.492 e. The Morgan fingerprint density at radius 3 is 2.76 bits per heavy atom. The molecule has 2 N–H and O–H groups in total. The monoisotopic (exact) mass is 534 g/mol. The summed E-state index contributed by atoms with van der Waals surface area (Å²) in [4.78, 5) is 9.87. The number of anilines is 1. The van der Waals surface area contributed by atoms with E-state index >= 15 is 0 Å². The Hall–Kier alpha value is -2.84. The van der Waals surface area contributed by atoms with Gasteiger partial charge in [0, 0.05) is 62.1 Å². The predicted molar refractivity (Wildman–Crippen MR) is 154 cm³/mol. The van der Waals surface area contributed by atoms with Crippen molar-refractivity contribution in [2.75, 3.05) is 64.1 Å². The molecule has 5 heterocycles. The lowest BCUT2D eigenvalue weighted by Crippen LogP contribution is -2.58. The Kier molecular flexibility index (Phi) is 8.39. The average molecular weight is 535 g/mol. The minimum atomic E-state index is 0.136. The van der Waals surface area contributed by atoms with Crippen molar-refractivity contribution in [2.24, 2.45) is 0 Å². The van der Waals surface area contributed by atoms with Gasteiger partial charge in [-0.1, -0.05) is 0 Å². The molecule has 3 aromatic rings. The second-order valence-electron chi connectivity index (χ2n) is 10.2. The van der Waals surface area contributed by atoms with Crippen molar-refractivity contribution >= 4 is 23.1 Å². The number of fused-ring (bicyclic) bond motifs is 1. The van der Waals surface area contributed by atoms with Crippen LogP contribution in [-0.4, -0.2) is 89.6 Å². The van der Waals surface area contributed by atoms with Gasteiger partial charge < -0.3 is 25.2 Å². The highest BCUT2D eigenvalue weighted by molar-refractivity contribution is 7.99. The number of nitrogens with zero attached hydrogens (tertiary/aromatic N) is 6. The van der Waals surface area contributed by atoms with Crippen molar-refractivity contribution < 1.29 is 4.74 Å². The molecule has 0 aliphatic carbocycles. The molecule has 0 spiro atoms. The van der Waals surface area contributed by atoms with E-state index in [0.29, 0.717) is 17.5 Å². The van der Waals surface area contributed by atoms with Crippen molar-refractivity contribution in [1.82, 2.24) is 30.1 Å². The van der Waals surface area contributed by atoms with Gasteiger partial charge in [-0.25, -0.2) is 9.50 Å². The number of nitriles is 1. The molecular weight excluding hydrogens is 496 g/mol. The van der Waals surface area contributed by atoms with E-state index in [1.165, 1.54) is 6.42 Å². The number of likely N-dealkylation sites (N-methyl/N-ethyl adjacent to an activating group) is 1. The molecule has 0 radical (unpaired) electrons. The highest BCUT2D eigenvalue weighted by atomic mass is 32.2. The van der Waals surface area contributed by atoms with Gasteiger partial charge in [-0.05, 0) is 57.7 Å². The lowest BCUT2D eigenvalue weighted by molar-refractivity contribution is 0.165. The molecule has 3 aromatic heterocycles. The number of hydrogen-bond donors (Lipinski definition) is 2. The zero-order chi connectivity index (χ0) is 26.5. The first-order chi connectivity index (χ1) is 18.6. The molecule has 202 valence electrons. The number of thioether (sulfide) groups is 1. The lowest BCUT2D eigenvalue weighted by atomic mass is 9.86.